The fraction of sp³-hybridized carbons (Fsp3) is 0.444. The van der Waals surface area contributed by atoms with Crippen molar-refractivity contribution in [3.63, 3.8) is 0 Å². The molecule has 1 unspecified atom stereocenters. The summed E-state index contributed by atoms with van der Waals surface area (Å²) in [6, 6.07) is -3.36. The molecule has 0 amide bonds. The van der Waals surface area contributed by atoms with Crippen LogP contribution < -0.4 is 5.72 Å². The van der Waals surface area contributed by atoms with Crippen LogP contribution in [0.1, 0.15) is 22.0 Å². The van der Waals surface area contributed by atoms with Gasteiger partial charge in [-0.3, -0.25) is 4.79 Å². The van der Waals surface area contributed by atoms with Crippen molar-refractivity contribution in [3.05, 3.63) is 12.2 Å². The maximum absolute atomic E-state index is 10.8. The van der Waals surface area contributed by atoms with Crippen molar-refractivity contribution in [2.75, 3.05) is 0 Å². The average Bonchev–Trinajstić information content (AvgIpc) is 2.42. The summed E-state index contributed by atoms with van der Waals surface area (Å²) in [5, 5.41) is 24.3. The molecule has 0 aromatic rings. The molecule has 0 radical (unpaired) electrons. The summed E-state index contributed by atoms with van der Waals surface area (Å²) >= 11 is 0. The molecule has 2 atom stereocenters. The maximum atomic E-state index is 10.8. The number of carboxylic acid groups (broad SMARTS) is 3. The molecule has 0 aliphatic rings. The summed E-state index contributed by atoms with van der Waals surface area (Å²) in [5.74, 6) is -7.73. The quantitative estimate of drug-likeness (QED) is 0.386. The van der Waals surface area contributed by atoms with Crippen LogP contribution in [0.5, 0.6) is 0 Å². The molecule has 0 aromatic heterocycles. The number of carboxylic acids is 3. The summed E-state index contributed by atoms with van der Waals surface area (Å²) in [7, 11) is 0. The Hall–Kier alpha value is -1.89. The van der Waals surface area contributed by atoms with Crippen LogP contribution in [0.4, 0.5) is 0 Å². The zero-order chi connectivity index (χ0) is 19.9. The molecule has 16 heavy (non-hydrogen) atoms. The van der Waals surface area contributed by atoms with Crippen LogP contribution in [-0.2, 0) is 14.4 Å². The fourth-order valence-electron chi connectivity index (χ4n) is 0.272. The summed E-state index contributed by atoms with van der Waals surface area (Å²) in [6.07, 6.45) is 1.12. The lowest BCUT2D eigenvalue weighted by molar-refractivity contribution is -0.139. The van der Waals surface area contributed by atoms with Crippen LogP contribution in [0.25, 0.3) is 0 Å². The number of hydrogen-bond acceptors (Lipinski definition) is 4. The third-order valence-corrected chi connectivity index (χ3v) is 0.857. The highest BCUT2D eigenvalue weighted by molar-refractivity contribution is 5.89. The van der Waals surface area contributed by atoms with Gasteiger partial charge in [-0.25, -0.2) is 9.59 Å². The Morgan fingerprint density at radius 2 is 1.81 bits per heavy atom. The predicted molar refractivity (Wildman–Crippen MR) is 54.9 cm³/mol. The second-order valence-electron chi connectivity index (χ2n) is 2.14. The standard InChI is InChI=1S/C5H11NO2.C4H4O4/c1-3(2)4(6)5(7)8;5-3(6)1-2-4(7)8/h3-4H,6H2,1-2H3,(H,7,8);1-2H,(H,5,6)(H,7,8)/b;2-1-/t4-;/m0./s1/i1D,2D3,3D,4D;1+1,2+1/hD2/t3?,4-;. The summed E-state index contributed by atoms with van der Waals surface area (Å²) in [4.78, 5) is 29.9. The minimum absolute atomic E-state index is 0.558. The molecule has 92 valence electrons. The van der Waals surface area contributed by atoms with E-state index in [1.807, 2.05) is 0 Å². The van der Waals surface area contributed by atoms with E-state index >= 15 is 0 Å². The molecule has 7 nitrogen and oxygen atoms in total. The van der Waals surface area contributed by atoms with Crippen LogP contribution >= 0.6 is 0 Å². The second-order valence-corrected chi connectivity index (χ2v) is 2.14. The molecule has 0 aliphatic heterocycles. The van der Waals surface area contributed by atoms with Crippen molar-refractivity contribution in [1.29, 1.82) is 0 Å². The number of aliphatic carboxylic acids is 3. The molecule has 0 bridgehead atoms. The summed E-state index contributed by atoms with van der Waals surface area (Å²) in [5.41, 5.74) is -0.677. The molecule has 7 heteroatoms. The maximum Gasteiger partial charge on any atom is 0.328 e. The van der Waals surface area contributed by atoms with E-state index in [2.05, 4.69) is 0 Å². The van der Waals surface area contributed by atoms with Crippen LogP contribution in [0.2, 0.25) is 2.82 Å². The van der Waals surface area contributed by atoms with Gasteiger partial charge in [0.15, 0.2) is 0 Å². The Labute approximate surface area is 104 Å². The number of rotatable bonds is 5. The van der Waals surface area contributed by atoms with Crippen molar-refractivity contribution in [3.8, 4) is 0 Å². The minimum Gasteiger partial charge on any atom is -0.480 e. The second kappa shape index (κ2) is 8.42. The Bertz CT molecular complexity index is 493. The molecular formula is C9H15NO6. The highest BCUT2D eigenvalue weighted by Gasteiger charge is 2.14. The molecule has 5 N–H and O–H groups in total. The van der Waals surface area contributed by atoms with Gasteiger partial charge in [-0.1, -0.05) is 13.8 Å². The topological polar surface area (TPSA) is 138 Å². The van der Waals surface area contributed by atoms with E-state index in [9.17, 15) is 14.4 Å². The van der Waals surface area contributed by atoms with Crippen molar-refractivity contribution in [2.24, 2.45) is 11.6 Å². The first-order valence-corrected chi connectivity index (χ1v) is 3.52. The highest BCUT2D eigenvalue weighted by Crippen LogP contribution is 1.96. The minimum atomic E-state index is -3.36. The lowest BCUT2D eigenvalue weighted by Crippen LogP contribution is -2.34. The van der Waals surface area contributed by atoms with E-state index < -0.39 is 49.3 Å². The first-order chi connectivity index (χ1) is 10.6. The Morgan fingerprint density at radius 3 is 1.94 bits per heavy atom. The van der Waals surface area contributed by atoms with Gasteiger partial charge >= 0.3 is 17.9 Å². The van der Waals surface area contributed by atoms with Gasteiger partial charge in [0.25, 0.3) is 0 Å². The molecule has 0 heterocycles. The van der Waals surface area contributed by atoms with E-state index in [1.54, 1.807) is 0 Å². The zero-order valence-corrected chi connectivity index (χ0v) is 7.88. The van der Waals surface area contributed by atoms with Crippen molar-refractivity contribution >= 4 is 17.9 Å². The molecule has 0 fully saturated rings. The molecule has 0 rings (SSSR count). The first-order valence-electron chi connectivity index (χ1n) is 7.62. The number of carbonyl (C=O) groups is 3. The van der Waals surface area contributed by atoms with Crippen LogP contribution in [0.15, 0.2) is 12.2 Å². The predicted octanol–water partition coefficient (Wildman–Crippen LogP) is -0.234. The monoisotopic (exact) mass is 243 g/mol. The average molecular weight is 243 g/mol. The first kappa shape index (κ1) is 6.00. The van der Waals surface area contributed by atoms with Gasteiger partial charge in [0.1, 0.15) is 8.84 Å². The molecule has 0 aromatic carbocycles. The molecule has 0 aliphatic carbocycles. The van der Waals surface area contributed by atoms with Crippen molar-refractivity contribution in [2.45, 2.75) is 19.8 Å². The molecular weight excluding hydrogens is 220 g/mol. The molecule has 0 spiro atoms. The van der Waals surface area contributed by atoms with Gasteiger partial charge < -0.3 is 21.0 Å². The third kappa shape index (κ3) is 12.1. The normalized spacial score (nSPS) is 25.6. The SMILES string of the molecule is O=C(O)/[13CH]=[13CH]\C(=O)O.[2H]CC([2H])(C([2H])([2H])[2H])[C@@]([2H])(C(=O)O)N([2H])[2H]. The van der Waals surface area contributed by atoms with Gasteiger partial charge in [-0.15, -0.1) is 0 Å². The van der Waals surface area contributed by atoms with E-state index in [0.29, 0.717) is 12.2 Å². The van der Waals surface area contributed by atoms with Gasteiger partial charge in [0, 0.05) is 19.0 Å². The van der Waals surface area contributed by atoms with E-state index in [1.165, 1.54) is 0 Å². The van der Waals surface area contributed by atoms with E-state index in [-0.39, 0.29) is 0 Å². The Kier molecular flexibility index (Phi) is 3.16. The summed E-state index contributed by atoms with van der Waals surface area (Å²) < 4.78 is 56.2. The smallest absolute Gasteiger partial charge is 0.328 e. The lowest BCUT2D eigenvalue weighted by Gasteiger charge is -2.07. The molecule has 0 saturated carbocycles. The van der Waals surface area contributed by atoms with Gasteiger partial charge in [-0.05, 0) is 5.89 Å². The van der Waals surface area contributed by atoms with E-state index in [0.717, 1.165) is 0 Å². The summed E-state index contributed by atoms with van der Waals surface area (Å²) in [6.45, 7) is -4.51. The highest BCUT2D eigenvalue weighted by atomic mass is 16.4. The zero-order valence-electron chi connectivity index (χ0n) is 15.9. The largest absolute Gasteiger partial charge is 0.480 e. The lowest BCUT2D eigenvalue weighted by atomic mass is 10.1. The van der Waals surface area contributed by atoms with Gasteiger partial charge in [0.05, 0.1) is 1.37 Å². The Morgan fingerprint density at radius 1 is 1.31 bits per heavy atom. The van der Waals surface area contributed by atoms with E-state index in [4.69, 9.17) is 26.4 Å². The van der Waals surface area contributed by atoms with Crippen LogP contribution in [-0.4, -0.2) is 39.2 Å². The van der Waals surface area contributed by atoms with Crippen LogP contribution in [0.3, 0.4) is 0 Å². The Balaban J connectivity index is 0. The van der Waals surface area contributed by atoms with Crippen molar-refractivity contribution in [1.82, 2.24) is 0 Å². The number of nitrogens with two attached hydrogens (primary N) is 1. The molecule has 0 saturated heterocycles. The van der Waals surface area contributed by atoms with Gasteiger partial charge in [-0.2, -0.15) is 0 Å². The third-order valence-electron chi connectivity index (χ3n) is 0.857. The van der Waals surface area contributed by atoms with Crippen LogP contribution in [0, 0.1) is 5.89 Å². The number of hydrogen-bond donors (Lipinski definition) is 4. The van der Waals surface area contributed by atoms with Gasteiger partial charge in [0.2, 0.25) is 0 Å². The fourth-order valence-corrected chi connectivity index (χ4v) is 0.272. The van der Waals surface area contributed by atoms with Crippen molar-refractivity contribution < 1.29 is 40.8 Å².